The van der Waals surface area contributed by atoms with Gasteiger partial charge in [0.15, 0.2) is 0 Å². The van der Waals surface area contributed by atoms with Crippen LogP contribution in [0.1, 0.15) is 16.2 Å². The third-order valence-electron chi connectivity index (χ3n) is 2.92. The number of methoxy groups -OCH3 is 2. The standard InChI is InChI=1S/C14H14N2O5/c1-8-6-11(17)13(14(18)19)15-16(8)10-7-9(20-2)4-5-12(10)21-3/h4-7H,1-3H3,(H,18,19). The number of rotatable bonds is 4. The second kappa shape index (κ2) is 5.66. The lowest BCUT2D eigenvalue weighted by Crippen LogP contribution is -2.22. The van der Waals surface area contributed by atoms with Gasteiger partial charge in [-0.2, -0.15) is 5.10 Å². The molecule has 0 aliphatic heterocycles. The zero-order chi connectivity index (χ0) is 15.6. The van der Waals surface area contributed by atoms with Gasteiger partial charge in [-0.1, -0.05) is 0 Å². The number of aromatic carboxylic acids is 1. The fraction of sp³-hybridized carbons (Fsp3) is 0.214. The summed E-state index contributed by atoms with van der Waals surface area (Å²) in [6, 6.07) is 6.25. The Morgan fingerprint density at radius 1 is 1.24 bits per heavy atom. The minimum Gasteiger partial charge on any atom is -0.497 e. The molecule has 0 bridgehead atoms. The Morgan fingerprint density at radius 3 is 2.52 bits per heavy atom. The minimum absolute atomic E-state index is 0.478. The molecule has 1 aromatic carbocycles. The monoisotopic (exact) mass is 290 g/mol. The lowest BCUT2D eigenvalue weighted by atomic mass is 10.2. The molecular formula is C14H14N2O5. The van der Waals surface area contributed by atoms with Crippen LogP contribution in [0.2, 0.25) is 0 Å². The summed E-state index contributed by atoms with van der Waals surface area (Å²) < 4.78 is 11.7. The van der Waals surface area contributed by atoms with Crippen LogP contribution in [0.5, 0.6) is 11.5 Å². The summed E-state index contributed by atoms with van der Waals surface area (Å²) in [6.07, 6.45) is 0. The fourth-order valence-corrected chi connectivity index (χ4v) is 1.90. The number of benzene rings is 1. The average molecular weight is 290 g/mol. The summed E-state index contributed by atoms with van der Waals surface area (Å²) >= 11 is 0. The number of carbonyl (C=O) groups is 1. The molecule has 110 valence electrons. The summed E-state index contributed by atoms with van der Waals surface area (Å²) in [7, 11) is 3.00. The van der Waals surface area contributed by atoms with Crippen molar-refractivity contribution in [2.75, 3.05) is 14.2 Å². The number of carboxylic acid groups (broad SMARTS) is 1. The maximum atomic E-state index is 11.6. The van der Waals surface area contributed by atoms with E-state index in [0.717, 1.165) is 0 Å². The molecule has 0 saturated heterocycles. The third-order valence-corrected chi connectivity index (χ3v) is 2.92. The van der Waals surface area contributed by atoms with Gasteiger partial charge in [0.25, 0.3) is 0 Å². The zero-order valence-corrected chi connectivity index (χ0v) is 11.8. The number of nitrogens with zero attached hydrogens (tertiary/aromatic N) is 2. The van der Waals surface area contributed by atoms with Gasteiger partial charge in [0.05, 0.1) is 14.2 Å². The molecule has 0 unspecified atom stereocenters. The number of aryl methyl sites for hydroxylation is 1. The Labute approximate surface area is 120 Å². The van der Waals surface area contributed by atoms with Gasteiger partial charge in [-0.3, -0.25) is 4.79 Å². The van der Waals surface area contributed by atoms with Gasteiger partial charge in [0.1, 0.15) is 17.2 Å². The van der Waals surface area contributed by atoms with E-state index in [2.05, 4.69) is 5.10 Å². The lowest BCUT2D eigenvalue weighted by Gasteiger charge is -2.14. The third kappa shape index (κ3) is 2.71. The van der Waals surface area contributed by atoms with Crippen LogP contribution >= 0.6 is 0 Å². The zero-order valence-electron chi connectivity index (χ0n) is 11.8. The van der Waals surface area contributed by atoms with Gasteiger partial charge in [0, 0.05) is 17.8 Å². The summed E-state index contributed by atoms with van der Waals surface area (Å²) in [5.74, 6) is -0.343. The first kappa shape index (κ1) is 14.6. The van der Waals surface area contributed by atoms with E-state index in [1.165, 1.54) is 25.0 Å². The Hall–Kier alpha value is -2.83. The molecule has 0 atom stereocenters. The van der Waals surface area contributed by atoms with Crippen LogP contribution in [0.25, 0.3) is 5.69 Å². The van der Waals surface area contributed by atoms with E-state index < -0.39 is 17.1 Å². The van der Waals surface area contributed by atoms with Crippen LogP contribution in [0.3, 0.4) is 0 Å². The number of ether oxygens (including phenoxy) is 2. The van der Waals surface area contributed by atoms with Gasteiger partial charge < -0.3 is 14.6 Å². The van der Waals surface area contributed by atoms with E-state index in [4.69, 9.17) is 14.6 Å². The molecule has 1 N–H and O–H groups in total. The van der Waals surface area contributed by atoms with Crippen molar-refractivity contribution in [2.45, 2.75) is 6.92 Å². The van der Waals surface area contributed by atoms with E-state index in [-0.39, 0.29) is 0 Å². The normalized spacial score (nSPS) is 10.2. The second-order valence-corrected chi connectivity index (χ2v) is 4.25. The molecular weight excluding hydrogens is 276 g/mol. The highest BCUT2D eigenvalue weighted by Gasteiger charge is 2.16. The smallest absolute Gasteiger partial charge is 0.360 e. The molecule has 2 rings (SSSR count). The first-order valence-electron chi connectivity index (χ1n) is 6.04. The molecule has 0 amide bonds. The van der Waals surface area contributed by atoms with Gasteiger partial charge in [-0.15, -0.1) is 0 Å². The number of hydrogen-bond donors (Lipinski definition) is 1. The predicted molar refractivity (Wildman–Crippen MR) is 74.6 cm³/mol. The van der Waals surface area contributed by atoms with Gasteiger partial charge in [0.2, 0.25) is 11.1 Å². The van der Waals surface area contributed by atoms with E-state index in [1.54, 1.807) is 25.1 Å². The quantitative estimate of drug-likeness (QED) is 0.911. The van der Waals surface area contributed by atoms with Crippen molar-refractivity contribution >= 4 is 5.97 Å². The largest absolute Gasteiger partial charge is 0.497 e. The number of carboxylic acids is 1. The molecule has 0 radical (unpaired) electrons. The van der Waals surface area contributed by atoms with Crippen LogP contribution in [0, 0.1) is 6.92 Å². The SMILES string of the molecule is COc1ccc(OC)c(-n2nc(C(=O)O)c(=O)cc2C)c1. The maximum Gasteiger partial charge on any atom is 0.360 e. The first-order valence-corrected chi connectivity index (χ1v) is 6.04. The summed E-state index contributed by atoms with van der Waals surface area (Å²) in [5, 5.41) is 12.9. The molecule has 0 spiro atoms. The van der Waals surface area contributed by atoms with Crippen LogP contribution in [-0.2, 0) is 0 Å². The highest BCUT2D eigenvalue weighted by molar-refractivity contribution is 5.85. The van der Waals surface area contributed by atoms with Gasteiger partial charge in [-0.25, -0.2) is 9.48 Å². The molecule has 0 fully saturated rings. The van der Waals surface area contributed by atoms with Gasteiger partial charge >= 0.3 is 5.97 Å². The highest BCUT2D eigenvalue weighted by Crippen LogP contribution is 2.27. The van der Waals surface area contributed by atoms with E-state index in [0.29, 0.717) is 22.9 Å². The molecule has 0 aliphatic rings. The molecule has 7 nitrogen and oxygen atoms in total. The minimum atomic E-state index is -1.38. The lowest BCUT2D eigenvalue weighted by molar-refractivity contribution is 0.0686. The van der Waals surface area contributed by atoms with E-state index in [1.807, 2.05) is 0 Å². The number of aromatic nitrogens is 2. The van der Waals surface area contributed by atoms with Crippen LogP contribution in [0.4, 0.5) is 0 Å². The average Bonchev–Trinajstić information content (AvgIpc) is 2.46. The summed E-state index contributed by atoms with van der Waals surface area (Å²) in [4.78, 5) is 22.7. The van der Waals surface area contributed by atoms with Gasteiger partial charge in [-0.05, 0) is 19.1 Å². The molecule has 0 aliphatic carbocycles. The van der Waals surface area contributed by atoms with Crippen molar-refractivity contribution in [1.82, 2.24) is 9.78 Å². The first-order chi connectivity index (χ1) is 9.97. The van der Waals surface area contributed by atoms with Crippen molar-refractivity contribution < 1.29 is 19.4 Å². The maximum absolute atomic E-state index is 11.6. The van der Waals surface area contributed by atoms with Crippen molar-refractivity contribution in [3.8, 4) is 17.2 Å². The molecule has 1 heterocycles. The van der Waals surface area contributed by atoms with Crippen molar-refractivity contribution in [3.05, 3.63) is 45.9 Å². The van der Waals surface area contributed by atoms with Crippen molar-refractivity contribution in [2.24, 2.45) is 0 Å². The topological polar surface area (TPSA) is 90.7 Å². The van der Waals surface area contributed by atoms with E-state index >= 15 is 0 Å². The molecule has 2 aromatic rings. The molecule has 1 aromatic heterocycles. The summed E-state index contributed by atoms with van der Waals surface area (Å²) in [6.45, 7) is 1.65. The predicted octanol–water partition coefficient (Wildman–Crippen LogP) is 1.26. The van der Waals surface area contributed by atoms with Crippen molar-refractivity contribution in [3.63, 3.8) is 0 Å². The van der Waals surface area contributed by atoms with Crippen LogP contribution < -0.4 is 14.9 Å². The Morgan fingerprint density at radius 2 is 1.95 bits per heavy atom. The fourth-order valence-electron chi connectivity index (χ4n) is 1.90. The van der Waals surface area contributed by atoms with E-state index in [9.17, 15) is 9.59 Å². The highest BCUT2D eigenvalue weighted by atomic mass is 16.5. The summed E-state index contributed by atoms with van der Waals surface area (Å²) in [5.41, 5.74) is -0.225. The van der Waals surface area contributed by atoms with Crippen LogP contribution in [0.15, 0.2) is 29.1 Å². The van der Waals surface area contributed by atoms with Crippen LogP contribution in [-0.4, -0.2) is 35.1 Å². The second-order valence-electron chi connectivity index (χ2n) is 4.25. The number of hydrogen-bond acceptors (Lipinski definition) is 5. The Balaban J connectivity index is 2.74. The molecule has 7 heteroatoms. The molecule has 0 saturated carbocycles. The van der Waals surface area contributed by atoms with Crippen molar-refractivity contribution in [1.29, 1.82) is 0 Å². The Kier molecular flexibility index (Phi) is 3.93. The Bertz CT molecular complexity index is 752. The molecule has 21 heavy (non-hydrogen) atoms.